The third kappa shape index (κ3) is 8.59. The Hall–Kier alpha value is -10.9. The molecule has 1 unspecified atom stereocenters. The summed E-state index contributed by atoms with van der Waals surface area (Å²) in [6.45, 7) is 14.0. The molecule has 0 bridgehead atoms. The molecule has 0 saturated carbocycles. The molecule has 474 valence electrons. The Kier molecular flexibility index (Phi) is 13.0. The lowest BCUT2D eigenvalue weighted by Gasteiger charge is -2.24. The Labute approximate surface area is 587 Å². The van der Waals surface area contributed by atoms with Crippen LogP contribution in [0.3, 0.4) is 0 Å². The highest BCUT2D eigenvalue weighted by molar-refractivity contribution is 7.67. The van der Waals surface area contributed by atoms with Crippen molar-refractivity contribution >= 4 is 90.1 Å². The van der Waals surface area contributed by atoms with Crippen LogP contribution in [0.1, 0.15) is 72.2 Å². The van der Waals surface area contributed by atoms with Gasteiger partial charge in [0.05, 0.1) is 0 Å². The summed E-state index contributed by atoms with van der Waals surface area (Å²) in [6, 6.07) is 121. The normalized spacial score (nSPS) is 14.6. The smallest absolute Gasteiger partial charge is 0.0772 e. The molecule has 3 heterocycles. The first-order valence-corrected chi connectivity index (χ1v) is 39.5. The summed E-state index contributed by atoms with van der Waals surface area (Å²) in [5.74, 6) is 0. The van der Waals surface area contributed by atoms with E-state index in [2.05, 4.69) is 351 Å². The van der Waals surface area contributed by atoms with E-state index in [4.69, 9.17) is 0 Å². The van der Waals surface area contributed by atoms with E-state index >= 15 is 0 Å². The van der Waals surface area contributed by atoms with Gasteiger partial charge in [-0.25, -0.2) is 0 Å². The Morgan fingerprint density at radius 3 is 1.21 bits per heavy atom. The topological polar surface area (TPSA) is 0 Å². The highest BCUT2D eigenvalue weighted by atomic mass is 31.1. The second kappa shape index (κ2) is 22.0. The average Bonchev–Trinajstić information content (AvgIpc) is 1.57. The molecule has 1 aromatic heterocycles. The molecule has 21 rings (SSSR count). The van der Waals surface area contributed by atoms with Gasteiger partial charge in [-0.05, 0) is 237 Å². The molecule has 2 aliphatic heterocycles. The van der Waals surface area contributed by atoms with Crippen LogP contribution in [0.25, 0.3) is 147 Å². The lowest BCUT2D eigenvalue weighted by Crippen LogP contribution is -2.57. The van der Waals surface area contributed by atoms with Gasteiger partial charge in [-0.3, -0.25) is 0 Å². The van der Waals surface area contributed by atoms with Crippen molar-refractivity contribution < 1.29 is 0 Å². The van der Waals surface area contributed by atoms with Crippen LogP contribution in [-0.4, -0.2) is 8.07 Å². The monoisotopic (exact) mass is 1310 g/mol. The van der Waals surface area contributed by atoms with Crippen molar-refractivity contribution in [1.82, 2.24) is 0 Å². The molecule has 4 aliphatic rings. The second-order valence-corrected chi connectivity index (χ2v) is 36.1. The summed E-state index contributed by atoms with van der Waals surface area (Å²) in [6.07, 6.45) is 0. The lowest BCUT2D eigenvalue weighted by atomic mass is 9.80. The van der Waals surface area contributed by atoms with Crippen LogP contribution in [0.5, 0.6) is 0 Å². The van der Waals surface area contributed by atoms with Crippen molar-refractivity contribution in [3.8, 4) is 83.2 Å². The SMILES string of the molecule is Cc1ccc2c(-c3ccc4c(c3)-c3ccccc3[Si]43Cc4ccccc4C3)c3ccccc3c(-c3ccc4c(c3)C(C)(C)c3ccccc3-4)c2c1.Cc1ccc2c(-c3ccc4c(c3)c3ccccc3p4-c3ccccc3)c3ccccc3c(-c3ccc4c(c3)C(C)(C)c3ccccc3-4)c2c1. The molecule has 100 heavy (non-hydrogen) atoms. The molecule has 2 heteroatoms. The first-order chi connectivity index (χ1) is 48.9. The highest BCUT2D eigenvalue weighted by Crippen LogP contribution is 2.58. The molecule has 0 nitrogen and oxygen atoms in total. The maximum Gasteiger partial charge on any atom is 0.128 e. The summed E-state index contributed by atoms with van der Waals surface area (Å²) in [4.78, 5) is 0. The fourth-order valence-corrected chi connectivity index (χ4v) is 27.2. The molecule has 0 fully saturated rings. The minimum absolute atomic E-state index is 0.0501. The van der Waals surface area contributed by atoms with Gasteiger partial charge in [-0.2, -0.15) is 0 Å². The minimum Gasteiger partial charge on any atom is -0.0772 e. The van der Waals surface area contributed by atoms with Gasteiger partial charge in [0.1, 0.15) is 8.07 Å². The van der Waals surface area contributed by atoms with Crippen LogP contribution in [0.4, 0.5) is 0 Å². The van der Waals surface area contributed by atoms with E-state index in [-0.39, 0.29) is 10.8 Å². The van der Waals surface area contributed by atoms with Gasteiger partial charge in [0, 0.05) is 21.1 Å². The van der Waals surface area contributed by atoms with E-state index < -0.39 is 15.6 Å². The highest BCUT2D eigenvalue weighted by Gasteiger charge is 2.49. The van der Waals surface area contributed by atoms with E-state index in [1.807, 2.05) is 0 Å². The number of rotatable bonds is 5. The number of aryl methyl sites for hydroxylation is 2. The zero-order chi connectivity index (χ0) is 66.9. The third-order valence-corrected chi connectivity index (χ3v) is 31.2. The van der Waals surface area contributed by atoms with Gasteiger partial charge in [-0.1, -0.05) is 325 Å². The number of benzene rings is 16. The summed E-state index contributed by atoms with van der Waals surface area (Å²) >= 11 is 0. The lowest BCUT2D eigenvalue weighted by molar-refractivity contribution is 0.660. The largest absolute Gasteiger partial charge is 0.128 e. The predicted molar refractivity (Wildman–Crippen MR) is 433 cm³/mol. The van der Waals surface area contributed by atoms with Crippen LogP contribution < -0.4 is 10.4 Å². The van der Waals surface area contributed by atoms with Gasteiger partial charge < -0.3 is 0 Å². The van der Waals surface area contributed by atoms with E-state index in [0.717, 1.165) is 0 Å². The Balaban J connectivity index is 0.000000135. The van der Waals surface area contributed by atoms with Crippen molar-refractivity contribution in [3.63, 3.8) is 0 Å². The summed E-state index contributed by atoms with van der Waals surface area (Å²) in [5, 5.41) is 20.8. The van der Waals surface area contributed by atoms with E-state index in [0.29, 0.717) is 0 Å². The van der Waals surface area contributed by atoms with Crippen molar-refractivity contribution in [3.05, 3.63) is 354 Å². The Morgan fingerprint density at radius 1 is 0.260 bits per heavy atom. The first kappa shape index (κ1) is 59.2. The second-order valence-electron chi connectivity index (χ2n) is 30.0. The number of hydrogen-bond donors (Lipinski definition) is 0. The molecule has 2 aliphatic carbocycles. The zero-order valence-corrected chi connectivity index (χ0v) is 59.2. The van der Waals surface area contributed by atoms with Crippen molar-refractivity contribution in [2.24, 2.45) is 0 Å². The fraction of sp³-hybridized carbons (Fsp3) is 0.102. The van der Waals surface area contributed by atoms with E-state index in [1.165, 1.54) is 193 Å². The minimum atomic E-state index is -1.95. The first-order valence-electron chi connectivity index (χ1n) is 35.7. The standard InChI is InChI=1S/C50H38Si.C48H35P/c1-31-20-23-41-43(26-31)49(33-21-24-37-36-14-8-10-18-44(36)50(2,3)45(37)28-33)40-17-7-6-16-39(40)48(41)32-22-25-47-42(27-32)38-15-9-11-19-46(38)51(47)29-34-12-4-5-13-35(34)30-51;1-30-21-24-39-41(27-30)47(32-22-25-35-34-15-9-11-19-42(34)48(2,3)43(35)29-32)38-18-8-7-17-37(38)46(39)31-23-26-45-40(28-31)36-16-10-12-20-44(36)49(45)33-13-5-4-6-14-33/h4-28H,29-30H2,1-3H3;4-29H,1-3H3. The Bertz CT molecular complexity index is 6350. The van der Waals surface area contributed by atoms with E-state index in [9.17, 15) is 0 Å². The number of fused-ring (bicyclic) bond motifs is 19. The predicted octanol–water partition coefficient (Wildman–Crippen LogP) is 25.6. The zero-order valence-electron chi connectivity index (χ0n) is 57.3. The van der Waals surface area contributed by atoms with Gasteiger partial charge in [0.15, 0.2) is 0 Å². The molecule has 1 atom stereocenters. The van der Waals surface area contributed by atoms with Gasteiger partial charge in [0.2, 0.25) is 0 Å². The van der Waals surface area contributed by atoms with E-state index in [1.54, 1.807) is 21.5 Å². The van der Waals surface area contributed by atoms with Gasteiger partial charge >= 0.3 is 0 Å². The van der Waals surface area contributed by atoms with Gasteiger partial charge in [0.25, 0.3) is 0 Å². The van der Waals surface area contributed by atoms with Crippen LogP contribution >= 0.6 is 7.53 Å². The van der Waals surface area contributed by atoms with Crippen LogP contribution in [0.15, 0.2) is 309 Å². The maximum atomic E-state index is 2.55. The molecule has 16 aromatic carbocycles. The number of hydrogen-bond acceptors (Lipinski definition) is 0. The van der Waals surface area contributed by atoms with Crippen molar-refractivity contribution in [2.45, 2.75) is 64.5 Å². The van der Waals surface area contributed by atoms with Crippen LogP contribution in [0.2, 0.25) is 0 Å². The molecule has 1 spiro atoms. The molecular formula is C98H73PSi. The van der Waals surface area contributed by atoms with Crippen LogP contribution in [0, 0.1) is 13.8 Å². The van der Waals surface area contributed by atoms with Crippen LogP contribution in [-0.2, 0) is 22.9 Å². The molecule has 0 saturated heterocycles. The summed E-state index contributed by atoms with van der Waals surface area (Å²) in [7, 11) is -2.54. The van der Waals surface area contributed by atoms with Gasteiger partial charge in [-0.15, -0.1) is 0 Å². The summed E-state index contributed by atoms with van der Waals surface area (Å²) in [5.41, 5.74) is 30.1. The average molecular weight is 1310 g/mol. The maximum absolute atomic E-state index is 2.55. The molecule has 0 N–H and O–H groups in total. The molecular weight excluding hydrogens is 1240 g/mol. The third-order valence-electron chi connectivity index (χ3n) is 23.7. The van der Waals surface area contributed by atoms with Crippen molar-refractivity contribution in [2.75, 3.05) is 0 Å². The Morgan fingerprint density at radius 2 is 0.650 bits per heavy atom. The fourth-order valence-electron chi connectivity index (χ4n) is 19.1. The van der Waals surface area contributed by atoms with Crippen molar-refractivity contribution in [1.29, 1.82) is 0 Å². The molecule has 0 amide bonds. The molecule has 0 radical (unpaired) electrons. The molecule has 17 aromatic rings. The summed E-state index contributed by atoms with van der Waals surface area (Å²) < 4.78 is 0. The quantitative estimate of drug-likeness (QED) is 0.119.